The van der Waals surface area contributed by atoms with Gasteiger partial charge in [-0.05, 0) is 25.0 Å². The van der Waals surface area contributed by atoms with Gasteiger partial charge in [0.1, 0.15) is 17.6 Å². The highest BCUT2D eigenvalue weighted by atomic mass is 16.3. The van der Waals surface area contributed by atoms with Gasteiger partial charge in [0.25, 0.3) is 5.91 Å². The summed E-state index contributed by atoms with van der Waals surface area (Å²) >= 11 is 0. The number of aryl methyl sites for hydroxylation is 1. The van der Waals surface area contributed by atoms with Crippen LogP contribution in [0.15, 0.2) is 41.3 Å². The lowest BCUT2D eigenvalue weighted by Crippen LogP contribution is -2.47. The van der Waals surface area contributed by atoms with Crippen LogP contribution >= 0.6 is 0 Å². The fourth-order valence-electron chi connectivity index (χ4n) is 3.36. The van der Waals surface area contributed by atoms with Gasteiger partial charge < -0.3 is 19.7 Å². The molecule has 7 heteroatoms. The van der Waals surface area contributed by atoms with E-state index in [1.54, 1.807) is 16.8 Å². The molecule has 130 valence electrons. The van der Waals surface area contributed by atoms with Crippen molar-refractivity contribution < 1.29 is 14.3 Å². The lowest BCUT2D eigenvalue weighted by molar-refractivity contribution is 0.0934. The van der Waals surface area contributed by atoms with Crippen molar-refractivity contribution in [3.8, 4) is 5.75 Å². The van der Waals surface area contributed by atoms with E-state index in [0.717, 1.165) is 31.6 Å². The third-order valence-electron chi connectivity index (χ3n) is 4.62. The maximum Gasteiger partial charge on any atom is 0.255 e. The number of carbonyl (C=O) groups is 1. The zero-order valence-electron chi connectivity index (χ0n) is 14.0. The number of nitrogens with one attached hydrogen (secondary N) is 1. The summed E-state index contributed by atoms with van der Waals surface area (Å²) in [4.78, 5) is 14.9. The topological polar surface area (TPSA) is 83.5 Å². The van der Waals surface area contributed by atoms with Crippen LogP contribution in [0.4, 0.5) is 5.69 Å². The van der Waals surface area contributed by atoms with E-state index in [9.17, 15) is 9.90 Å². The molecule has 3 heterocycles. The van der Waals surface area contributed by atoms with E-state index in [4.69, 9.17) is 4.42 Å². The van der Waals surface area contributed by atoms with Gasteiger partial charge in [-0.25, -0.2) is 0 Å². The highest BCUT2D eigenvalue weighted by Gasteiger charge is 2.24. The van der Waals surface area contributed by atoms with Crippen LogP contribution in [0.2, 0.25) is 0 Å². The third-order valence-corrected chi connectivity index (χ3v) is 4.62. The van der Waals surface area contributed by atoms with E-state index in [1.807, 2.05) is 19.4 Å². The molecule has 1 atom stereocenters. The van der Waals surface area contributed by atoms with Gasteiger partial charge in [-0.2, -0.15) is 5.10 Å². The molecule has 2 N–H and O–H groups in total. The average molecular weight is 340 g/mol. The van der Waals surface area contributed by atoms with E-state index >= 15 is 0 Å². The van der Waals surface area contributed by atoms with Crippen molar-refractivity contribution in [2.24, 2.45) is 7.05 Å². The number of rotatable bonds is 3. The Bertz CT molecular complexity index is 914. The Labute approximate surface area is 144 Å². The molecule has 1 aromatic carbocycles. The molecule has 4 rings (SSSR count). The Morgan fingerprint density at radius 1 is 1.44 bits per heavy atom. The SMILES string of the molecule is Cn1cc(N2CCCC(NC(=O)c3coc4cc(O)ccc34)C2)cn1. The Kier molecular flexibility index (Phi) is 3.83. The zero-order chi connectivity index (χ0) is 17.4. The van der Waals surface area contributed by atoms with Gasteiger partial charge >= 0.3 is 0 Å². The Morgan fingerprint density at radius 2 is 2.32 bits per heavy atom. The van der Waals surface area contributed by atoms with Crippen LogP contribution in [-0.4, -0.2) is 39.9 Å². The van der Waals surface area contributed by atoms with Crippen LogP contribution in [0.1, 0.15) is 23.2 Å². The monoisotopic (exact) mass is 340 g/mol. The molecule has 7 nitrogen and oxygen atoms in total. The molecule has 1 fully saturated rings. The summed E-state index contributed by atoms with van der Waals surface area (Å²) in [6.45, 7) is 1.72. The molecule has 2 aromatic heterocycles. The number of phenolic OH excluding ortho intramolecular Hbond substituents is 1. The molecular formula is C18H20N4O3. The molecule has 0 saturated carbocycles. The van der Waals surface area contributed by atoms with Gasteiger partial charge in [0, 0.05) is 43.8 Å². The van der Waals surface area contributed by atoms with E-state index in [2.05, 4.69) is 15.3 Å². The van der Waals surface area contributed by atoms with Gasteiger partial charge in [0.2, 0.25) is 0 Å². The molecule has 25 heavy (non-hydrogen) atoms. The van der Waals surface area contributed by atoms with Crippen LogP contribution in [-0.2, 0) is 7.05 Å². The first-order valence-corrected chi connectivity index (χ1v) is 8.35. The summed E-state index contributed by atoms with van der Waals surface area (Å²) in [6, 6.07) is 4.84. The predicted molar refractivity (Wildman–Crippen MR) is 93.8 cm³/mol. The molecule has 1 unspecified atom stereocenters. The number of phenols is 1. The Hall–Kier alpha value is -2.96. The number of nitrogens with zero attached hydrogens (tertiary/aromatic N) is 3. The van der Waals surface area contributed by atoms with Gasteiger partial charge in [0.05, 0.1) is 17.4 Å². The number of amides is 1. The van der Waals surface area contributed by atoms with Gasteiger partial charge in [0.15, 0.2) is 0 Å². The smallest absolute Gasteiger partial charge is 0.255 e. The summed E-state index contributed by atoms with van der Waals surface area (Å²) < 4.78 is 7.17. The van der Waals surface area contributed by atoms with Crippen LogP contribution < -0.4 is 10.2 Å². The second-order valence-corrected chi connectivity index (χ2v) is 6.46. The van der Waals surface area contributed by atoms with Crippen LogP contribution in [0.3, 0.4) is 0 Å². The fraction of sp³-hybridized carbons (Fsp3) is 0.333. The Balaban J connectivity index is 1.48. The van der Waals surface area contributed by atoms with Gasteiger partial charge in [-0.1, -0.05) is 0 Å². The minimum atomic E-state index is -0.150. The highest BCUT2D eigenvalue weighted by molar-refractivity contribution is 6.06. The van der Waals surface area contributed by atoms with Crippen molar-refractivity contribution in [2.75, 3.05) is 18.0 Å². The number of aromatic hydroxyl groups is 1. The third kappa shape index (κ3) is 3.05. The summed E-state index contributed by atoms with van der Waals surface area (Å²) in [5.41, 5.74) is 2.07. The summed E-state index contributed by atoms with van der Waals surface area (Å²) in [6.07, 6.45) is 7.24. The number of benzene rings is 1. The number of furan rings is 1. The molecule has 3 aromatic rings. The molecule has 1 amide bonds. The summed E-state index contributed by atoms with van der Waals surface area (Å²) in [7, 11) is 1.90. The van der Waals surface area contributed by atoms with E-state index in [1.165, 1.54) is 12.3 Å². The number of anilines is 1. The lowest BCUT2D eigenvalue weighted by Gasteiger charge is -2.33. The lowest BCUT2D eigenvalue weighted by atomic mass is 10.0. The number of piperidine rings is 1. The van der Waals surface area contributed by atoms with Crippen molar-refractivity contribution in [1.82, 2.24) is 15.1 Å². The minimum absolute atomic E-state index is 0.0727. The second-order valence-electron chi connectivity index (χ2n) is 6.46. The molecule has 0 aliphatic carbocycles. The number of hydrogen-bond donors (Lipinski definition) is 2. The van der Waals surface area contributed by atoms with Crippen LogP contribution in [0.5, 0.6) is 5.75 Å². The quantitative estimate of drug-likeness (QED) is 0.764. The normalized spacial score (nSPS) is 17.8. The largest absolute Gasteiger partial charge is 0.508 e. The van der Waals surface area contributed by atoms with E-state index in [0.29, 0.717) is 16.5 Å². The zero-order valence-corrected chi connectivity index (χ0v) is 14.0. The molecule has 0 spiro atoms. The van der Waals surface area contributed by atoms with Crippen molar-refractivity contribution in [3.05, 3.63) is 42.4 Å². The Morgan fingerprint density at radius 3 is 3.12 bits per heavy atom. The number of aromatic nitrogens is 2. The highest BCUT2D eigenvalue weighted by Crippen LogP contribution is 2.25. The number of carbonyl (C=O) groups excluding carboxylic acids is 1. The molecule has 0 bridgehead atoms. The van der Waals surface area contributed by atoms with Crippen LogP contribution in [0.25, 0.3) is 11.0 Å². The molecule has 1 saturated heterocycles. The number of fused-ring (bicyclic) bond motifs is 1. The van der Waals surface area contributed by atoms with Crippen molar-refractivity contribution >= 4 is 22.6 Å². The maximum absolute atomic E-state index is 12.7. The second kappa shape index (κ2) is 6.16. The summed E-state index contributed by atoms with van der Waals surface area (Å²) in [5.74, 6) is -0.0318. The standard InChI is InChI=1S/C18H20N4O3/c1-21-10-13(8-19-21)22-6-2-3-12(9-22)20-18(24)16-11-25-17-7-14(23)4-5-15(16)17/h4-5,7-8,10-12,23H,2-3,6,9H2,1H3,(H,20,24). The van der Waals surface area contributed by atoms with E-state index < -0.39 is 0 Å². The van der Waals surface area contributed by atoms with Gasteiger partial charge in [-0.15, -0.1) is 0 Å². The first kappa shape index (κ1) is 15.6. The van der Waals surface area contributed by atoms with Crippen molar-refractivity contribution in [2.45, 2.75) is 18.9 Å². The van der Waals surface area contributed by atoms with Gasteiger partial charge in [-0.3, -0.25) is 9.48 Å². The van der Waals surface area contributed by atoms with Crippen molar-refractivity contribution in [3.63, 3.8) is 0 Å². The number of hydrogen-bond acceptors (Lipinski definition) is 5. The average Bonchev–Trinajstić information content (AvgIpc) is 3.21. The summed E-state index contributed by atoms with van der Waals surface area (Å²) in [5, 5.41) is 17.5. The molecule has 1 aliphatic heterocycles. The molecular weight excluding hydrogens is 320 g/mol. The predicted octanol–water partition coefficient (Wildman–Crippen LogP) is 2.27. The first-order chi connectivity index (χ1) is 12.1. The first-order valence-electron chi connectivity index (χ1n) is 8.35. The molecule has 1 aliphatic rings. The van der Waals surface area contributed by atoms with E-state index in [-0.39, 0.29) is 17.7 Å². The fourth-order valence-corrected chi connectivity index (χ4v) is 3.36. The van der Waals surface area contributed by atoms with Crippen molar-refractivity contribution in [1.29, 1.82) is 0 Å². The van der Waals surface area contributed by atoms with Crippen LogP contribution in [0, 0.1) is 0 Å². The molecule has 0 radical (unpaired) electrons. The maximum atomic E-state index is 12.7. The minimum Gasteiger partial charge on any atom is -0.508 e.